The molecule has 5 nitrogen and oxygen atoms in total. The molecule has 1 aromatic rings. The molecule has 3 N–H and O–H groups in total. The van der Waals surface area contributed by atoms with E-state index < -0.39 is 0 Å². The Morgan fingerprint density at radius 1 is 1.33 bits per heavy atom. The Balaban J connectivity index is 1.81. The van der Waals surface area contributed by atoms with Crippen LogP contribution in [0.4, 0.5) is 4.79 Å². The van der Waals surface area contributed by atoms with Gasteiger partial charge in [0.2, 0.25) is 5.91 Å². The minimum Gasteiger partial charge on any atom is -0.348 e. The van der Waals surface area contributed by atoms with Crippen molar-refractivity contribution in [2.45, 2.75) is 31.8 Å². The lowest BCUT2D eigenvalue weighted by Gasteiger charge is -2.16. The Kier molecular flexibility index (Phi) is 5.31. The van der Waals surface area contributed by atoms with Crippen LogP contribution in [0.25, 0.3) is 0 Å². The fraction of sp³-hybridized carbons (Fsp3) is 0.429. The third kappa shape index (κ3) is 4.79. The van der Waals surface area contributed by atoms with Crippen molar-refractivity contribution in [3.63, 3.8) is 0 Å². The van der Waals surface area contributed by atoms with Crippen LogP contribution in [0.5, 0.6) is 0 Å². The number of nitrogens with one attached hydrogen (secondary N) is 3. The number of hydrogen-bond acceptors (Lipinski definition) is 2. The Morgan fingerprint density at radius 2 is 2.05 bits per heavy atom. The lowest BCUT2D eigenvalue weighted by atomic mass is 10.1. The molecule has 2 rings (SSSR count). The number of urea groups is 1. The minimum absolute atomic E-state index is 0.0823. The van der Waals surface area contributed by atoms with E-state index in [2.05, 4.69) is 16.0 Å². The highest BCUT2D eigenvalue weighted by molar-refractivity contribution is 6.42. The summed E-state index contributed by atoms with van der Waals surface area (Å²) in [5.74, 6) is -0.288. The quantitative estimate of drug-likeness (QED) is 0.777. The van der Waals surface area contributed by atoms with E-state index in [1.807, 2.05) is 0 Å². The first-order valence-corrected chi connectivity index (χ1v) is 7.50. The van der Waals surface area contributed by atoms with E-state index in [0.29, 0.717) is 10.0 Å². The predicted octanol–water partition coefficient (Wildman–Crippen LogP) is 2.63. The third-order valence-electron chi connectivity index (χ3n) is 3.15. The average Bonchev–Trinajstić information content (AvgIpc) is 3.23. The van der Waals surface area contributed by atoms with E-state index in [1.165, 1.54) is 0 Å². The molecule has 1 fully saturated rings. The van der Waals surface area contributed by atoms with E-state index in [1.54, 1.807) is 25.1 Å². The zero-order chi connectivity index (χ0) is 15.4. The Labute approximate surface area is 133 Å². The van der Waals surface area contributed by atoms with Crippen molar-refractivity contribution in [3.8, 4) is 0 Å². The monoisotopic (exact) mass is 329 g/mol. The molecule has 114 valence electrons. The normalized spacial score (nSPS) is 15.2. The summed E-state index contributed by atoms with van der Waals surface area (Å²) in [6.07, 6.45) is 2.01. The van der Waals surface area contributed by atoms with Gasteiger partial charge >= 0.3 is 6.03 Å². The summed E-state index contributed by atoms with van der Waals surface area (Å²) in [5.41, 5.74) is 0.736. The molecule has 0 spiro atoms. The van der Waals surface area contributed by atoms with Crippen LogP contribution in [0.2, 0.25) is 10.0 Å². The summed E-state index contributed by atoms with van der Waals surface area (Å²) < 4.78 is 0. The fourth-order valence-corrected chi connectivity index (χ4v) is 2.32. The van der Waals surface area contributed by atoms with Crippen molar-refractivity contribution >= 4 is 35.1 Å². The highest BCUT2D eigenvalue weighted by Gasteiger charge is 2.23. The first kappa shape index (κ1) is 15.9. The molecule has 3 amide bonds. The number of carbonyl (C=O) groups is 2. The van der Waals surface area contributed by atoms with Crippen LogP contribution in [0.15, 0.2) is 18.2 Å². The van der Waals surface area contributed by atoms with Crippen molar-refractivity contribution in [1.29, 1.82) is 0 Å². The molecule has 1 unspecified atom stereocenters. The lowest BCUT2D eigenvalue weighted by molar-refractivity contribution is -0.120. The zero-order valence-corrected chi connectivity index (χ0v) is 13.1. The fourth-order valence-electron chi connectivity index (χ4n) is 1.85. The van der Waals surface area contributed by atoms with E-state index >= 15 is 0 Å². The van der Waals surface area contributed by atoms with Gasteiger partial charge in [-0.05, 0) is 31.4 Å². The molecule has 0 bridgehead atoms. The first-order valence-electron chi connectivity index (χ1n) is 6.75. The maximum absolute atomic E-state index is 11.8. The van der Waals surface area contributed by atoms with Gasteiger partial charge in [-0.15, -0.1) is 0 Å². The SMILES string of the molecule is CC(NC(=O)CNC(=O)NC1CC1)c1cccc(Cl)c1Cl. The van der Waals surface area contributed by atoms with Gasteiger partial charge in [0.25, 0.3) is 0 Å². The number of rotatable bonds is 5. The maximum atomic E-state index is 11.8. The standard InChI is InChI=1S/C14H17Cl2N3O2/c1-8(10-3-2-4-11(15)13(10)16)18-12(20)7-17-14(21)19-9-5-6-9/h2-4,8-9H,5-7H2,1H3,(H,18,20)(H2,17,19,21). The van der Waals surface area contributed by atoms with E-state index in [0.717, 1.165) is 18.4 Å². The Hall–Kier alpha value is -1.46. The van der Waals surface area contributed by atoms with Gasteiger partial charge in [0, 0.05) is 6.04 Å². The molecule has 0 aromatic heterocycles. The molecule has 1 aliphatic carbocycles. The third-order valence-corrected chi connectivity index (χ3v) is 3.98. The van der Waals surface area contributed by atoms with Crippen LogP contribution in [0, 0.1) is 0 Å². The summed E-state index contributed by atoms with van der Waals surface area (Å²) in [5, 5.41) is 8.89. The summed E-state index contributed by atoms with van der Waals surface area (Å²) in [7, 11) is 0. The van der Waals surface area contributed by atoms with Crippen molar-refractivity contribution < 1.29 is 9.59 Å². The molecule has 0 saturated heterocycles. The lowest BCUT2D eigenvalue weighted by Crippen LogP contribution is -2.43. The molecule has 21 heavy (non-hydrogen) atoms. The van der Waals surface area contributed by atoms with Gasteiger partial charge in [0.1, 0.15) is 0 Å². The van der Waals surface area contributed by atoms with Gasteiger partial charge in [-0.1, -0.05) is 35.3 Å². The molecular weight excluding hydrogens is 313 g/mol. The van der Waals surface area contributed by atoms with Crippen molar-refractivity contribution in [2.75, 3.05) is 6.54 Å². The Bertz CT molecular complexity index is 547. The van der Waals surface area contributed by atoms with Crippen LogP contribution in [-0.2, 0) is 4.79 Å². The molecule has 1 aromatic carbocycles. The van der Waals surface area contributed by atoms with Gasteiger partial charge in [0.15, 0.2) is 0 Å². The molecule has 1 atom stereocenters. The smallest absolute Gasteiger partial charge is 0.315 e. The number of hydrogen-bond donors (Lipinski definition) is 3. The number of halogens is 2. The number of amides is 3. The average molecular weight is 330 g/mol. The van der Waals surface area contributed by atoms with Crippen molar-refractivity contribution in [1.82, 2.24) is 16.0 Å². The zero-order valence-electron chi connectivity index (χ0n) is 11.6. The number of benzene rings is 1. The van der Waals surface area contributed by atoms with Crippen molar-refractivity contribution in [3.05, 3.63) is 33.8 Å². The molecule has 7 heteroatoms. The van der Waals surface area contributed by atoms with Crippen molar-refractivity contribution in [2.24, 2.45) is 0 Å². The van der Waals surface area contributed by atoms with E-state index in [4.69, 9.17) is 23.2 Å². The van der Waals surface area contributed by atoms with Crippen LogP contribution in [0.1, 0.15) is 31.4 Å². The molecule has 0 radical (unpaired) electrons. The first-order chi connectivity index (χ1) is 9.97. The van der Waals surface area contributed by atoms with Gasteiger partial charge in [-0.25, -0.2) is 4.79 Å². The molecule has 1 aliphatic rings. The second kappa shape index (κ2) is 7.00. The predicted molar refractivity (Wildman–Crippen MR) is 82.6 cm³/mol. The largest absolute Gasteiger partial charge is 0.348 e. The van der Waals surface area contributed by atoms with Crippen LogP contribution in [0.3, 0.4) is 0 Å². The topological polar surface area (TPSA) is 70.2 Å². The summed E-state index contributed by atoms with van der Waals surface area (Å²) in [4.78, 5) is 23.2. The van der Waals surface area contributed by atoms with Crippen LogP contribution >= 0.6 is 23.2 Å². The van der Waals surface area contributed by atoms with E-state index in [-0.39, 0.29) is 30.6 Å². The van der Waals surface area contributed by atoms with E-state index in [9.17, 15) is 9.59 Å². The van der Waals surface area contributed by atoms with Gasteiger partial charge in [0.05, 0.1) is 22.6 Å². The molecular formula is C14H17Cl2N3O2. The molecule has 0 heterocycles. The molecule has 0 aliphatic heterocycles. The van der Waals surface area contributed by atoms with Crippen LogP contribution in [-0.4, -0.2) is 24.5 Å². The number of carbonyl (C=O) groups excluding carboxylic acids is 2. The minimum atomic E-state index is -0.318. The van der Waals surface area contributed by atoms with Gasteiger partial charge in [-0.3, -0.25) is 4.79 Å². The molecule has 1 saturated carbocycles. The second-order valence-electron chi connectivity index (χ2n) is 5.03. The highest BCUT2D eigenvalue weighted by atomic mass is 35.5. The summed E-state index contributed by atoms with van der Waals surface area (Å²) in [6, 6.07) is 4.90. The maximum Gasteiger partial charge on any atom is 0.315 e. The summed E-state index contributed by atoms with van der Waals surface area (Å²) >= 11 is 12.0. The van der Waals surface area contributed by atoms with Crippen LogP contribution < -0.4 is 16.0 Å². The summed E-state index contributed by atoms with van der Waals surface area (Å²) in [6.45, 7) is 1.72. The second-order valence-corrected chi connectivity index (χ2v) is 5.82. The Morgan fingerprint density at radius 3 is 2.71 bits per heavy atom. The van der Waals surface area contributed by atoms with Gasteiger partial charge < -0.3 is 16.0 Å². The van der Waals surface area contributed by atoms with Gasteiger partial charge in [-0.2, -0.15) is 0 Å². The highest BCUT2D eigenvalue weighted by Crippen LogP contribution is 2.29.